The van der Waals surface area contributed by atoms with Crippen molar-refractivity contribution in [2.75, 3.05) is 7.11 Å². The molecule has 0 saturated heterocycles. The summed E-state index contributed by atoms with van der Waals surface area (Å²) in [5.41, 5.74) is 2.54. The molecule has 0 spiro atoms. The van der Waals surface area contributed by atoms with Crippen LogP contribution >= 0.6 is 0 Å². The third kappa shape index (κ3) is 3.16. The third-order valence-corrected chi connectivity index (χ3v) is 3.87. The highest BCUT2D eigenvalue weighted by Crippen LogP contribution is 2.26. The Morgan fingerprint density at radius 2 is 1.74 bits per heavy atom. The number of hydrogen-bond acceptors (Lipinski definition) is 4. The van der Waals surface area contributed by atoms with Crippen LogP contribution in [0.2, 0.25) is 0 Å². The van der Waals surface area contributed by atoms with Gasteiger partial charge in [0.1, 0.15) is 5.75 Å². The van der Waals surface area contributed by atoms with Crippen LogP contribution in [-0.4, -0.2) is 23.2 Å². The standard InChI is InChI=1S/C19H17NO3/c1-23-19(22)11-14-12-20-17(16-8-4-3-7-15(14)16)10-13-6-2-5-9-18(13)21/h2-9,12,21H,10-11H2,1H3. The number of rotatable bonds is 4. The first-order valence-corrected chi connectivity index (χ1v) is 7.38. The molecule has 4 heteroatoms. The maximum absolute atomic E-state index is 11.6. The van der Waals surface area contributed by atoms with Gasteiger partial charge in [0.25, 0.3) is 0 Å². The molecule has 1 N–H and O–H groups in total. The summed E-state index contributed by atoms with van der Waals surface area (Å²) in [6.45, 7) is 0. The van der Waals surface area contributed by atoms with Crippen molar-refractivity contribution in [1.82, 2.24) is 4.98 Å². The molecule has 0 aliphatic rings. The molecule has 0 aliphatic carbocycles. The van der Waals surface area contributed by atoms with E-state index < -0.39 is 0 Å². The molecule has 116 valence electrons. The average Bonchev–Trinajstić information content (AvgIpc) is 2.58. The van der Waals surface area contributed by atoms with Gasteiger partial charge in [0.2, 0.25) is 0 Å². The SMILES string of the molecule is COC(=O)Cc1cnc(Cc2ccccc2O)c2ccccc12. The van der Waals surface area contributed by atoms with Crippen LogP contribution in [0.4, 0.5) is 0 Å². The molecule has 0 aliphatic heterocycles. The van der Waals surface area contributed by atoms with Crippen molar-refractivity contribution in [2.45, 2.75) is 12.8 Å². The molecule has 0 radical (unpaired) electrons. The number of carbonyl (C=O) groups is 1. The van der Waals surface area contributed by atoms with E-state index in [-0.39, 0.29) is 18.1 Å². The number of nitrogens with zero attached hydrogens (tertiary/aromatic N) is 1. The van der Waals surface area contributed by atoms with Crippen LogP contribution in [0.25, 0.3) is 10.8 Å². The molecule has 3 aromatic rings. The van der Waals surface area contributed by atoms with Crippen LogP contribution in [0.3, 0.4) is 0 Å². The fraction of sp³-hybridized carbons (Fsp3) is 0.158. The number of phenols is 1. The van der Waals surface area contributed by atoms with Crippen LogP contribution in [0, 0.1) is 0 Å². The molecule has 1 aromatic heterocycles. The van der Waals surface area contributed by atoms with Crippen molar-refractivity contribution >= 4 is 16.7 Å². The van der Waals surface area contributed by atoms with E-state index in [1.54, 1.807) is 18.3 Å². The monoisotopic (exact) mass is 307 g/mol. The van der Waals surface area contributed by atoms with Crippen molar-refractivity contribution in [2.24, 2.45) is 0 Å². The minimum atomic E-state index is -0.287. The molecule has 0 unspecified atom stereocenters. The Kier molecular flexibility index (Phi) is 4.24. The Hall–Kier alpha value is -2.88. The second-order valence-electron chi connectivity index (χ2n) is 5.33. The van der Waals surface area contributed by atoms with E-state index in [0.29, 0.717) is 6.42 Å². The minimum Gasteiger partial charge on any atom is -0.508 e. The minimum absolute atomic E-state index is 0.195. The van der Waals surface area contributed by atoms with E-state index in [2.05, 4.69) is 4.98 Å². The van der Waals surface area contributed by atoms with E-state index in [9.17, 15) is 9.90 Å². The number of hydrogen-bond donors (Lipinski definition) is 1. The maximum atomic E-state index is 11.6. The molecule has 3 rings (SSSR count). The first-order chi connectivity index (χ1) is 11.2. The Bertz CT molecular complexity index is 858. The molecular weight excluding hydrogens is 290 g/mol. The van der Waals surface area contributed by atoms with Crippen LogP contribution < -0.4 is 0 Å². The maximum Gasteiger partial charge on any atom is 0.310 e. The third-order valence-electron chi connectivity index (χ3n) is 3.87. The smallest absolute Gasteiger partial charge is 0.310 e. The average molecular weight is 307 g/mol. The van der Waals surface area contributed by atoms with Crippen LogP contribution in [-0.2, 0) is 22.4 Å². The van der Waals surface area contributed by atoms with Gasteiger partial charge in [-0.2, -0.15) is 0 Å². The van der Waals surface area contributed by atoms with Crippen molar-refractivity contribution in [3.63, 3.8) is 0 Å². The number of fused-ring (bicyclic) bond motifs is 1. The summed E-state index contributed by atoms with van der Waals surface area (Å²) in [6, 6.07) is 15.1. The van der Waals surface area contributed by atoms with E-state index in [1.165, 1.54) is 7.11 Å². The Labute approximate surface area is 134 Å². The van der Waals surface area contributed by atoms with Gasteiger partial charge >= 0.3 is 5.97 Å². The Morgan fingerprint density at radius 3 is 2.48 bits per heavy atom. The molecule has 0 amide bonds. The molecule has 0 atom stereocenters. The quantitative estimate of drug-likeness (QED) is 0.752. The molecule has 0 saturated carbocycles. The summed E-state index contributed by atoms with van der Waals surface area (Å²) >= 11 is 0. The summed E-state index contributed by atoms with van der Waals surface area (Å²) < 4.78 is 4.74. The van der Waals surface area contributed by atoms with Crippen LogP contribution in [0.15, 0.2) is 54.7 Å². The number of ether oxygens (including phenoxy) is 1. The zero-order valence-corrected chi connectivity index (χ0v) is 12.8. The van der Waals surface area contributed by atoms with Crippen molar-refractivity contribution in [3.8, 4) is 5.75 Å². The van der Waals surface area contributed by atoms with Gasteiger partial charge < -0.3 is 9.84 Å². The van der Waals surface area contributed by atoms with E-state index in [1.807, 2.05) is 36.4 Å². The molecular formula is C19H17NO3. The lowest BCUT2D eigenvalue weighted by Crippen LogP contribution is -2.06. The zero-order chi connectivity index (χ0) is 16.2. The van der Waals surface area contributed by atoms with Crippen LogP contribution in [0.5, 0.6) is 5.75 Å². The van der Waals surface area contributed by atoms with Gasteiger partial charge in [-0.1, -0.05) is 42.5 Å². The van der Waals surface area contributed by atoms with Crippen LogP contribution in [0.1, 0.15) is 16.8 Å². The topological polar surface area (TPSA) is 59.4 Å². The van der Waals surface area contributed by atoms with E-state index >= 15 is 0 Å². The summed E-state index contributed by atoms with van der Waals surface area (Å²) in [4.78, 5) is 16.1. The Balaban J connectivity index is 2.04. The second-order valence-corrected chi connectivity index (χ2v) is 5.33. The van der Waals surface area contributed by atoms with Gasteiger partial charge in [0, 0.05) is 18.0 Å². The number of carbonyl (C=O) groups excluding carboxylic acids is 1. The van der Waals surface area contributed by atoms with Crippen molar-refractivity contribution in [1.29, 1.82) is 0 Å². The number of para-hydroxylation sites is 1. The van der Waals surface area contributed by atoms with Gasteiger partial charge in [-0.25, -0.2) is 0 Å². The molecule has 1 heterocycles. The molecule has 0 fully saturated rings. The predicted octanol–water partition coefficient (Wildman–Crippen LogP) is 3.25. The summed E-state index contributed by atoms with van der Waals surface area (Å²) in [6.07, 6.45) is 2.45. The first kappa shape index (κ1) is 15.0. The lowest BCUT2D eigenvalue weighted by atomic mass is 9.99. The van der Waals surface area contributed by atoms with Gasteiger partial charge in [0.05, 0.1) is 19.2 Å². The first-order valence-electron chi connectivity index (χ1n) is 7.38. The molecule has 0 bridgehead atoms. The fourth-order valence-electron chi connectivity index (χ4n) is 2.66. The van der Waals surface area contributed by atoms with E-state index in [0.717, 1.165) is 27.6 Å². The lowest BCUT2D eigenvalue weighted by molar-refractivity contribution is -0.139. The van der Waals surface area contributed by atoms with Gasteiger partial charge in [-0.05, 0) is 22.6 Å². The Morgan fingerprint density at radius 1 is 1.04 bits per heavy atom. The number of aromatic hydroxyl groups is 1. The van der Waals surface area contributed by atoms with E-state index in [4.69, 9.17) is 4.74 Å². The highest BCUT2D eigenvalue weighted by molar-refractivity contribution is 5.90. The normalized spacial score (nSPS) is 10.7. The lowest BCUT2D eigenvalue weighted by Gasteiger charge is -2.11. The molecule has 2 aromatic carbocycles. The number of pyridine rings is 1. The number of aromatic nitrogens is 1. The summed E-state index contributed by atoms with van der Waals surface area (Å²) in [5.74, 6) is -0.0255. The van der Waals surface area contributed by atoms with Crippen molar-refractivity contribution in [3.05, 3.63) is 71.5 Å². The number of benzene rings is 2. The number of methoxy groups -OCH3 is 1. The van der Waals surface area contributed by atoms with Gasteiger partial charge in [-0.15, -0.1) is 0 Å². The highest BCUT2D eigenvalue weighted by atomic mass is 16.5. The second kappa shape index (κ2) is 6.48. The highest BCUT2D eigenvalue weighted by Gasteiger charge is 2.12. The summed E-state index contributed by atoms with van der Waals surface area (Å²) in [7, 11) is 1.38. The fourth-order valence-corrected chi connectivity index (χ4v) is 2.66. The predicted molar refractivity (Wildman–Crippen MR) is 88.4 cm³/mol. The van der Waals surface area contributed by atoms with Gasteiger partial charge in [-0.3, -0.25) is 9.78 Å². The molecule has 4 nitrogen and oxygen atoms in total. The zero-order valence-electron chi connectivity index (χ0n) is 12.8. The number of esters is 1. The summed E-state index contributed by atoms with van der Waals surface area (Å²) in [5, 5.41) is 11.9. The largest absolute Gasteiger partial charge is 0.508 e. The van der Waals surface area contributed by atoms with Gasteiger partial charge in [0.15, 0.2) is 0 Å². The number of phenolic OH excluding ortho intramolecular Hbond substituents is 1. The molecule has 23 heavy (non-hydrogen) atoms. The van der Waals surface area contributed by atoms with Crippen molar-refractivity contribution < 1.29 is 14.6 Å².